The molecule has 1 fully saturated rings. The van der Waals surface area contributed by atoms with Crippen LogP contribution < -0.4 is 5.32 Å². The number of rotatable bonds is 11. The molecule has 0 radical (unpaired) electrons. The molecule has 1 aliphatic heterocycles. The van der Waals surface area contributed by atoms with Crippen molar-refractivity contribution in [2.45, 2.75) is 84.0 Å². The van der Waals surface area contributed by atoms with Crippen LogP contribution in [-0.4, -0.2) is 60.7 Å². The van der Waals surface area contributed by atoms with E-state index in [4.69, 9.17) is 9.16 Å². The summed E-state index contributed by atoms with van der Waals surface area (Å²) >= 11 is 3.26. The molecule has 1 saturated heterocycles. The van der Waals surface area contributed by atoms with Gasteiger partial charge in [-0.3, -0.25) is 10.1 Å². The molecular weight excluding hydrogens is 594 g/mol. The third kappa shape index (κ3) is 9.86. The van der Waals surface area contributed by atoms with Crippen LogP contribution in [0.5, 0.6) is 0 Å². The van der Waals surface area contributed by atoms with E-state index in [2.05, 4.69) is 55.1 Å². The summed E-state index contributed by atoms with van der Waals surface area (Å²) in [6.45, 7) is 11.8. The quantitative estimate of drug-likeness (QED) is 0.156. The first-order valence-corrected chi connectivity index (χ1v) is 17.7. The Labute approximate surface area is 246 Å². The van der Waals surface area contributed by atoms with Gasteiger partial charge in [0.2, 0.25) is 0 Å². The van der Waals surface area contributed by atoms with Crippen LogP contribution in [0.1, 0.15) is 45.6 Å². The molecule has 1 amide bonds. The molecule has 9 nitrogen and oxygen atoms in total. The fourth-order valence-corrected chi connectivity index (χ4v) is 9.67. The summed E-state index contributed by atoms with van der Waals surface area (Å²) in [5.74, 6) is 0. The van der Waals surface area contributed by atoms with Gasteiger partial charge in [-0.05, 0) is 61.5 Å². The number of anilines is 1. The van der Waals surface area contributed by atoms with Crippen LogP contribution in [0.15, 0.2) is 53.0 Å². The zero-order chi connectivity index (χ0) is 29.5. The van der Waals surface area contributed by atoms with Crippen molar-refractivity contribution in [3.05, 3.63) is 68.7 Å². The van der Waals surface area contributed by atoms with Gasteiger partial charge in [0, 0.05) is 23.6 Å². The highest BCUT2D eigenvalue weighted by Gasteiger charge is 2.41. The smallest absolute Gasteiger partial charge is 0.410 e. The monoisotopic (exact) mass is 635 g/mol. The van der Waals surface area contributed by atoms with Crippen LogP contribution in [0.3, 0.4) is 0 Å². The first-order chi connectivity index (χ1) is 18.7. The van der Waals surface area contributed by atoms with E-state index in [1.165, 1.54) is 6.07 Å². The molecule has 1 heterocycles. The molecule has 0 aromatic heterocycles. The maximum atomic E-state index is 13.3. The Morgan fingerprint density at radius 1 is 1.25 bits per heavy atom. The lowest BCUT2D eigenvalue weighted by Crippen LogP contribution is -2.56. The van der Waals surface area contributed by atoms with Crippen LogP contribution in [0.25, 0.3) is 0 Å². The summed E-state index contributed by atoms with van der Waals surface area (Å²) in [5.41, 5.74) is 1.25. The molecule has 220 valence electrons. The Morgan fingerprint density at radius 2 is 1.95 bits per heavy atom. The molecule has 1 aliphatic rings. The zero-order valence-electron chi connectivity index (χ0n) is 24.1. The second kappa shape index (κ2) is 13.9. The van der Waals surface area contributed by atoms with Crippen molar-refractivity contribution >= 4 is 41.7 Å². The third-order valence-electron chi connectivity index (χ3n) is 6.78. The number of nitro groups is 1. The highest BCUT2D eigenvalue weighted by Crippen LogP contribution is 2.34. The Morgan fingerprint density at radius 3 is 2.60 bits per heavy atom. The topological polar surface area (TPSA) is 114 Å². The van der Waals surface area contributed by atoms with Gasteiger partial charge in [0.15, 0.2) is 8.32 Å². The Hall–Kier alpha value is -2.47. The fourth-order valence-electron chi connectivity index (χ4n) is 5.59. The maximum Gasteiger partial charge on any atom is 0.410 e. The summed E-state index contributed by atoms with van der Waals surface area (Å²) in [6, 6.07) is 14.8. The Kier molecular flexibility index (Phi) is 11.2. The SMILES string of the molecule is CC(C)(C)C[Si](C)(C)O[C@H]1CCCN(C(=O)OCc2ccccc2)[C@@H]1CC(O)CNc1ccc(Br)cc1[N+](=O)[O-]. The lowest BCUT2D eigenvalue weighted by Gasteiger charge is -2.45. The maximum absolute atomic E-state index is 13.3. The second-order valence-corrected chi connectivity index (χ2v) is 17.3. The lowest BCUT2D eigenvalue weighted by atomic mass is 9.94. The van der Waals surface area contributed by atoms with Crippen molar-refractivity contribution in [2.75, 3.05) is 18.4 Å². The summed E-state index contributed by atoms with van der Waals surface area (Å²) in [4.78, 5) is 26.1. The molecular formula is C29H42BrN3O6Si. The van der Waals surface area contributed by atoms with E-state index in [1.807, 2.05) is 30.3 Å². The molecule has 3 rings (SSSR count). The van der Waals surface area contributed by atoms with Gasteiger partial charge in [-0.1, -0.05) is 67.0 Å². The van der Waals surface area contributed by atoms with E-state index in [1.54, 1.807) is 17.0 Å². The number of carbonyl (C=O) groups excluding carboxylic acids is 1. The number of amides is 1. The van der Waals surface area contributed by atoms with Crippen LogP contribution in [-0.2, 0) is 15.8 Å². The fraction of sp³-hybridized carbons (Fsp3) is 0.552. The van der Waals surface area contributed by atoms with Crippen molar-refractivity contribution in [3.63, 3.8) is 0 Å². The summed E-state index contributed by atoms with van der Waals surface area (Å²) < 4.78 is 13.1. The van der Waals surface area contributed by atoms with Gasteiger partial charge in [-0.2, -0.15) is 0 Å². The summed E-state index contributed by atoms with van der Waals surface area (Å²) in [5, 5.41) is 25.6. The average Bonchev–Trinajstić information content (AvgIpc) is 2.86. The minimum absolute atomic E-state index is 0.0819. The number of piperidine rings is 1. The van der Waals surface area contributed by atoms with Crippen molar-refractivity contribution < 1.29 is 24.0 Å². The summed E-state index contributed by atoms with van der Waals surface area (Å²) in [7, 11) is -2.11. The minimum atomic E-state index is -2.11. The van der Waals surface area contributed by atoms with Crippen LogP contribution in [0, 0.1) is 15.5 Å². The van der Waals surface area contributed by atoms with Crippen molar-refractivity contribution in [3.8, 4) is 0 Å². The molecule has 0 bridgehead atoms. The van der Waals surface area contributed by atoms with Crippen molar-refractivity contribution in [2.24, 2.45) is 5.41 Å². The highest BCUT2D eigenvalue weighted by molar-refractivity contribution is 9.10. The number of ether oxygens (including phenoxy) is 1. The first kappa shape index (κ1) is 32.0. The highest BCUT2D eigenvalue weighted by atomic mass is 79.9. The molecule has 3 atom stereocenters. The molecule has 2 aromatic carbocycles. The Bertz CT molecular complexity index is 1140. The number of likely N-dealkylation sites (tertiary alicyclic amines) is 1. The molecule has 2 N–H and O–H groups in total. The third-order valence-corrected chi connectivity index (χ3v) is 10.1. The molecule has 1 unspecified atom stereocenters. The predicted molar refractivity (Wildman–Crippen MR) is 163 cm³/mol. The van der Waals surface area contributed by atoms with E-state index in [0.29, 0.717) is 16.7 Å². The number of halogens is 1. The molecule has 2 aromatic rings. The van der Waals surface area contributed by atoms with Crippen LogP contribution in [0.2, 0.25) is 19.1 Å². The van der Waals surface area contributed by atoms with E-state index < -0.39 is 25.4 Å². The molecule has 0 aliphatic carbocycles. The van der Waals surface area contributed by atoms with Gasteiger partial charge < -0.3 is 24.5 Å². The zero-order valence-corrected chi connectivity index (χ0v) is 26.6. The lowest BCUT2D eigenvalue weighted by molar-refractivity contribution is -0.384. The number of nitrogens with zero attached hydrogens (tertiary/aromatic N) is 2. The van der Waals surface area contributed by atoms with Crippen LogP contribution in [0.4, 0.5) is 16.2 Å². The first-order valence-electron chi connectivity index (χ1n) is 13.7. The van der Waals surface area contributed by atoms with E-state index in [0.717, 1.165) is 24.4 Å². The van der Waals surface area contributed by atoms with Gasteiger partial charge in [-0.15, -0.1) is 0 Å². The van der Waals surface area contributed by atoms with E-state index >= 15 is 0 Å². The van der Waals surface area contributed by atoms with Crippen molar-refractivity contribution in [1.29, 1.82) is 0 Å². The van der Waals surface area contributed by atoms with Gasteiger partial charge in [0.05, 0.1) is 23.2 Å². The van der Waals surface area contributed by atoms with Gasteiger partial charge in [0.1, 0.15) is 12.3 Å². The van der Waals surface area contributed by atoms with Crippen molar-refractivity contribution in [1.82, 2.24) is 4.90 Å². The normalized spacial score (nSPS) is 18.7. The molecule has 11 heteroatoms. The Balaban J connectivity index is 1.76. The molecule has 0 saturated carbocycles. The number of benzene rings is 2. The number of carbonyl (C=O) groups is 1. The van der Waals surface area contributed by atoms with Gasteiger partial charge in [-0.25, -0.2) is 4.79 Å². The predicted octanol–water partition coefficient (Wildman–Crippen LogP) is 6.96. The van der Waals surface area contributed by atoms with E-state index in [9.17, 15) is 20.0 Å². The van der Waals surface area contributed by atoms with Crippen LogP contribution >= 0.6 is 15.9 Å². The number of hydrogen-bond acceptors (Lipinski definition) is 7. The van der Waals surface area contributed by atoms with Gasteiger partial charge in [0.25, 0.3) is 5.69 Å². The number of hydrogen-bond donors (Lipinski definition) is 2. The second-order valence-electron chi connectivity index (χ2n) is 12.3. The average molecular weight is 637 g/mol. The standard InChI is InChI=1S/C29H42BrN3O6Si/c1-29(2,3)20-40(4,5)39-27-12-9-15-32(28(35)38-19-21-10-7-6-8-11-21)26(27)17-23(34)18-31-24-14-13-22(30)16-25(24)33(36)37/h6-8,10-11,13-14,16,23,26-27,31,34H,9,12,15,17-20H2,1-5H3/t23?,26-,27+/m1/s1. The van der Waals surface area contributed by atoms with E-state index in [-0.39, 0.29) is 42.8 Å². The van der Waals surface area contributed by atoms with Gasteiger partial charge >= 0.3 is 6.09 Å². The minimum Gasteiger partial charge on any atom is -0.445 e. The number of aliphatic hydroxyl groups excluding tert-OH is 1. The summed E-state index contributed by atoms with van der Waals surface area (Å²) in [6.07, 6.45) is 0.268. The molecule has 0 spiro atoms. The molecule has 40 heavy (non-hydrogen) atoms. The largest absolute Gasteiger partial charge is 0.445 e. The number of nitro benzene ring substituents is 1. The number of aliphatic hydroxyl groups is 1. The number of nitrogens with one attached hydrogen (secondary N) is 1.